The largest absolute Gasteiger partial charge is 0.496 e. The number of carbonyl (C=O) groups excluding carboxylic acids is 1. The van der Waals surface area contributed by atoms with E-state index in [-0.39, 0.29) is 0 Å². The van der Waals surface area contributed by atoms with E-state index in [0.29, 0.717) is 6.54 Å². The van der Waals surface area contributed by atoms with Crippen LogP contribution < -0.4 is 4.74 Å². The summed E-state index contributed by atoms with van der Waals surface area (Å²) in [5.41, 5.74) is 3.30. The highest BCUT2D eigenvalue weighted by Gasteiger charge is 2.10. The van der Waals surface area contributed by atoms with Gasteiger partial charge in [0.1, 0.15) is 5.75 Å². The summed E-state index contributed by atoms with van der Waals surface area (Å²) in [5, 5.41) is -0.451. The van der Waals surface area contributed by atoms with Gasteiger partial charge in [-0.3, -0.25) is 4.79 Å². The highest BCUT2D eigenvalue weighted by molar-refractivity contribution is 6.62. The summed E-state index contributed by atoms with van der Waals surface area (Å²) in [6.07, 6.45) is 0. The maximum Gasteiger partial charge on any atom is 0.316 e. The smallest absolute Gasteiger partial charge is 0.316 e. The van der Waals surface area contributed by atoms with Gasteiger partial charge in [-0.1, -0.05) is 6.07 Å². The van der Waals surface area contributed by atoms with Crippen LogP contribution in [0.25, 0.3) is 0 Å². The number of carbonyl (C=O) groups is 1. The lowest BCUT2D eigenvalue weighted by atomic mass is 10.0. The second-order valence-electron chi connectivity index (χ2n) is 3.79. The first-order valence-corrected chi connectivity index (χ1v) is 5.38. The molecule has 0 atom stereocenters. The topological polar surface area (TPSA) is 29.5 Å². The molecule has 0 bridgehead atoms. The van der Waals surface area contributed by atoms with Gasteiger partial charge in [0, 0.05) is 13.6 Å². The van der Waals surface area contributed by atoms with Crippen molar-refractivity contribution >= 4 is 17.0 Å². The fraction of sp³-hybridized carbons (Fsp3) is 0.417. The second kappa shape index (κ2) is 5.21. The Labute approximate surface area is 101 Å². The van der Waals surface area contributed by atoms with E-state index in [4.69, 9.17) is 16.3 Å². The number of rotatable bonds is 3. The minimum absolute atomic E-state index is 0.451. The number of hydrogen-bond donors (Lipinski definition) is 0. The summed E-state index contributed by atoms with van der Waals surface area (Å²) < 4.78 is 5.23. The summed E-state index contributed by atoms with van der Waals surface area (Å²) in [6.45, 7) is 4.53. The van der Waals surface area contributed by atoms with Crippen molar-refractivity contribution in [2.24, 2.45) is 0 Å². The zero-order chi connectivity index (χ0) is 12.3. The lowest BCUT2D eigenvalue weighted by molar-refractivity contribution is 0.230. The van der Waals surface area contributed by atoms with Crippen molar-refractivity contribution in [2.45, 2.75) is 20.4 Å². The molecule has 0 heterocycles. The van der Waals surface area contributed by atoms with Gasteiger partial charge in [0.15, 0.2) is 0 Å². The zero-order valence-corrected chi connectivity index (χ0v) is 10.8. The summed E-state index contributed by atoms with van der Waals surface area (Å²) in [4.78, 5) is 12.4. The minimum atomic E-state index is -0.451. The lowest BCUT2D eigenvalue weighted by Crippen LogP contribution is -2.20. The molecule has 0 radical (unpaired) electrons. The average Bonchev–Trinajstić information content (AvgIpc) is 2.25. The first-order chi connectivity index (χ1) is 7.47. The molecule has 4 heteroatoms. The molecule has 0 aromatic heterocycles. The molecule has 0 N–H and O–H groups in total. The van der Waals surface area contributed by atoms with Crippen molar-refractivity contribution in [2.75, 3.05) is 14.2 Å². The fourth-order valence-electron chi connectivity index (χ4n) is 1.56. The molecule has 3 nitrogen and oxygen atoms in total. The van der Waals surface area contributed by atoms with Crippen LogP contribution in [0.5, 0.6) is 5.75 Å². The molecule has 0 aliphatic carbocycles. The Morgan fingerprint density at radius 1 is 1.38 bits per heavy atom. The Bertz CT molecular complexity index is 404. The van der Waals surface area contributed by atoms with Gasteiger partial charge in [-0.2, -0.15) is 0 Å². The van der Waals surface area contributed by atoms with Gasteiger partial charge in [0.25, 0.3) is 0 Å². The monoisotopic (exact) mass is 241 g/mol. The average molecular weight is 242 g/mol. The van der Waals surface area contributed by atoms with Crippen molar-refractivity contribution < 1.29 is 9.53 Å². The van der Waals surface area contributed by atoms with E-state index in [0.717, 1.165) is 22.4 Å². The third-order valence-electron chi connectivity index (χ3n) is 2.78. The van der Waals surface area contributed by atoms with Crippen LogP contribution in [0.1, 0.15) is 16.7 Å². The molecule has 16 heavy (non-hydrogen) atoms. The van der Waals surface area contributed by atoms with Crippen LogP contribution in [0.2, 0.25) is 0 Å². The molecule has 1 rings (SSSR count). The molecule has 1 aromatic carbocycles. The second-order valence-corrected chi connectivity index (χ2v) is 4.11. The number of nitrogens with zero attached hydrogens (tertiary/aromatic N) is 1. The zero-order valence-electron chi connectivity index (χ0n) is 10.0. The van der Waals surface area contributed by atoms with E-state index in [1.165, 1.54) is 4.90 Å². The highest BCUT2D eigenvalue weighted by Crippen LogP contribution is 2.24. The van der Waals surface area contributed by atoms with Crippen molar-refractivity contribution in [1.29, 1.82) is 0 Å². The minimum Gasteiger partial charge on any atom is -0.496 e. The molecule has 0 spiro atoms. The highest BCUT2D eigenvalue weighted by atomic mass is 35.5. The summed E-state index contributed by atoms with van der Waals surface area (Å²) >= 11 is 5.39. The van der Waals surface area contributed by atoms with E-state index in [9.17, 15) is 4.79 Å². The number of amides is 1. The normalized spacial score (nSPS) is 10.1. The molecule has 1 amide bonds. The Balaban J connectivity index is 2.99. The van der Waals surface area contributed by atoms with E-state index in [1.54, 1.807) is 14.2 Å². The molecule has 0 aliphatic rings. The predicted molar refractivity (Wildman–Crippen MR) is 65.2 cm³/mol. The predicted octanol–water partition coefficient (Wildman–Crippen LogP) is 3.10. The molecular weight excluding hydrogens is 226 g/mol. The number of ether oxygens (including phenoxy) is 1. The van der Waals surface area contributed by atoms with E-state index >= 15 is 0 Å². The van der Waals surface area contributed by atoms with Crippen LogP contribution >= 0.6 is 11.6 Å². The molecule has 0 unspecified atom stereocenters. The van der Waals surface area contributed by atoms with E-state index < -0.39 is 5.37 Å². The lowest BCUT2D eigenvalue weighted by Gasteiger charge is -2.17. The van der Waals surface area contributed by atoms with Crippen LogP contribution in [0.15, 0.2) is 12.1 Å². The standard InChI is InChI=1S/C12H16ClNO2/c1-8-9(2)11(16-4)6-5-10(8)7-14(3)12(13)15/h5-6H,7H2,1-4H3. The van der Waals surface area contributed by atoms with E-state index in [1.807, 2.05) is 26.0 Å². The Morgan fingerprint density at radius 2 is 2.00 bits per heavy atom. The Hall–Kier alpha value is -1.22. The van der Waals surface area contributed by atoms with Gasteiger partial charge in [-0.05, 0) is 48.2 Å². The Kier molecular flexibility index (Phi) is 4.19. The maximum absolute atomic E-state index is 10.9. The summed E-state index contributed by atoms with van der Waals surface area (Å²) in [7, 11) is 3.32. The van der Waals surface area contributed by atoms with Crippen LogP contribution in [0, 0.1) is 13.8 Å². The van der Waals surface area contributed by atoms with E-state index in [2.05, 4.69) is 0 Å². The molecular formula is C12H16ClNO2. The molecule has 0 fully saturated rings. The quantitative estimate of drug-likeness (QED) is 0.601. The third kappa shape index (κ3) is 2.67. The van der Waals surface area contributed by atoms with Gasteiger partial charge in [0.05, 0.1) is 7.11 Å². The fourth-order valence-corrected chi connectivity index (χ4v) is 1.62. The molecule has 0 aliphatic heterocycles. The van der Waals surface area contributed by atoms with Gasteiger partial charge in [-0.15, -0.1) is 0 Å². The van der Waals surface area contributed by atoms with Crippen LogP contribution in [0.3, 0.4) is 0 Å². The van der Waals surface area contributed by atoms with Crippen molar-refractivity contribution in [3.05, 3.63) is 28.8 Å². The first kappa shape index (κ1) is 12.8. The molecule has 0 saturated carbocycles. The van der Waals surface area contributed by atoms with Crippen LogP contribution in [-0.2, 0) is 6.54 Å². The summed E-state index contributed by atoms with van der Waals surface area (Å²) in [5.74, 6) is 0.862. The Morgan fingerprint density at radius 3 is 2.50 bits per heavy atom. The number of methoxy groups -OCH3 is 1. The first-order valence-electron chi connectivity index (χ1n) is 5.01. The van der Waals surface area contributed by atoms with Gasteiger partial charge in [0.2, 0.25) is 0 Å². The molecule has 1 aromatic rings. The van der Waals surface area contributed by atoms with Gasteiger partial charge < -0.3 is 9.64 Å². The van der Waals surface area contributed by atoms with Crippen molar-refractivity contribution in [1.82, 2.24) is 4.90 Å². The number of halogens is 1. The van der Waals surface area contributed by atoms with Crippen LogP contribution in [0.4, 0.5) is 4.79 Å². The van der Waals surface area contributed by atoms with Crippen LogP contribution in [-0.4, -0.2) is 24.4 Å². The van der Waals surface area contributed by atoms with Gasteiger partial charge >= 0.3 is 5.37 Å². The van der Waals surface area contributed by atoms with Crippen molar-refractivity contribution in [3.8, 4) is 5.75 Å². The third-order valence-corrected chi connectivity index (χ3v) is 3.07. The maximum atomic E-state index is 10.9. The van der Waals surface area contributed by atoms with Gasteiger partial charge in [-0.25, -0.2) is 0 Å². The van der Waals surface area contributed by atoms with Crippen molar-refractivity contribution in [3.63, 3.8) is 0 Å². The summed E-state index contributed by atoms with van der Waals surface area (Å²) in [6, 6.07) is 3.86. The number of hydrogen-bond acceptors (Lipinski definition) is 2. The number of benzene rings is 1. The SMILES string of the molecule is COc1ccc(CN(C)C(=O)Cl)c(C)c1C. The molecule has 0 saturated heterocycles. The molecule has 88 valence electrons.